The van der Waals surface area contributed by atoms with Crippen LogP contribution in [0.3, 0.4) is 0 Å². The number of hydrogen-bond acceptors (Lipinski definition) is 4. The summed E-state index contributed by atoms with van der Waals surface area (Å²) in [5.74, 6) is 0.331. The maximum Gasteiger partial charge on any atom is 0.0593 e. The Bertz CT molecular complexity index is 727. The first-order valence-corrected chi connectivity index (χ1v) is 9.85. The van der Waals surface area contributed by atoms with Gasteiger partial charge in [-0.2, -0.15) is 0 Å². The molecule has 4 heteroatoms. The third-order valence-electron chi connectivity index (χ3n) is 5.37. The van der Waals surface area contributed by atoms with Crippen LogP contribution in [-0.4, -0.2) is 46.3 Å². The van der Waals surface area contributed by atoms with Crippen LogP contribution in [0.1, 0.15) is 43.4 Å². The molecule has 0 aliphatic carbocycles. The molecule has 27 heavy (non-hydrogen) atoms. The van der Waals surface area contributed by atoms with Crippen LogP contribution in [0.4, 0.5) is 0 Å². The molecule has 0 spiro atoms. The Kier molecular flexibility index (Phi) is 6.78. The maximum absolute atomic E-state index is 10.1. The fourth-order valence-electron chi connectivity index (χ4n) is 4.04. The normalized spacial score (nSPS) is 23.1. The molecule has 3 atom stereocenters. The number of hydrogen-bond donors (Lipinski definition) is 2. The Balaban J connectivity index is 1.81. The number of allylic oxidation sites excluding steroid dienone is 1. The lowest BCUT2D eigenvalue weighted by atomic mass is 9.74. The summed E-state index contributed by atoms with van der Waals surface area (Å²) in [5.41, 5.74) is 3.71. The van der Waals surface area contributed by atoms with E-state index >= 15 is 0 Å². The Hall–Kier alpha value is -2.01. The topological polar surface area (TPSA) is 48.4 Å². The second-order valence-corrected chi connectivity index (χ2v) is 7.61. The third kappa shape index (κ3) is 4.64. The molecule has 3 rings (SSSR count). The zero-order valence-electron chi connectivity index (χ0n) is 16.5. The van der Waals surface area contributed by atoms with Gasteiger partial charge in [-0.1, -0.05) is 56.3 Å². The van der Waals surface area contributed by atoms with Gasteiger partial charge in [0.2, 0.25) is 0 Å². The SMILES string of the molecule is CC=Cc1ccc([C@H]2[C@@H](CNC(C)C)N(Cc3cccnc3)[C@H]2CO)cc1. The van der Waals surface area contributed by atoms with E-state index in [1.165, 1.54) is 16.7 Å². The van der Waals surface area contributed by atoms with Crippen LogP contribution in [-0.2, 0) is 6.54 Å². The molecule has 1 fully saturated rings. The van der Waals surface area contributed by atoms with Gasteiger partial charge in [-0.15, -0.1) is 0 Å². The van der Waals surface area contributed by atoms with Crippen molar-refractivity contribution in [3.63, 3.8) is 0 Å². The van der Waals surface area contributed by atoms with E-state index in [0.29, 0.717) is 18.0 Å². The molecule has 1 aliphatic heterocycles. The highest BCUT2D eigenvalue weighted by molar-refractivity contribution is 5.50. The van der Waals surface area contributed by atoms with Gasteiger partial charge in [0.1, 0.15) is 0 Å². The van der Waals surface area contributed by atoms with E-state index < -0.39 is 0 Å². The summed E-state index contributed by atoms with van der Waals surface area (Å²) >= 11 is 0. The van der Waals surface area contributed by atoms with E-state index in [0.717, 1.165) is 13.1 Å². The van der Waals surface area contributed by atoms with Crippen LogP contribution >= 0.6 is 0 Å². The molecule has 0 bridgehead atoms. The zero-order valence-corrected chi connectivity index (χ0v) is 16.5. The summed E-state index contributed by atoms with van der Waals surface area (Å²) in [4.78, 5) is 6.65. The average molecular weight is 366 g/mol. The number of aliphatic hydroxyl groups excluding tert-OH is 1. The Morgan fingerprint density at radius 1 is 1.19 bits per heavy atom. The largest absolute Gasteiger partial charge is 0.395 e. The van der Waals surface area contributed by atoms with Crippen LogP contribution in [0.15, 0.2) is 54.9 Å². The molecule has 0 unspecified atom stereocenters. The summed E-state index contributed by atoms with van der Waals surface area (Å²) in [6.45, 7) is 8.28. The second kappa shape index (κ2) is 9.27. The van der Waals surface area contributed by atoms with Gasteiger partial charge in [-0.25, -0.2) is 0 Å². The fraction of sp³-hybridized carbons (Fsp3) is 0.435. The van der Waals surface area contributed by atoms with Crippen molar-refractivity contribution in [3.05, 3.63) is 71.6 Å². The number of aliphatic hydroxyl groups is 1. The van der Waals surface area contributed by atoms with Crippen molar-refractivity contribution < 1.29 is 5.11 Å². The van der Waals surface area contributed by atoms with Crippen LogP contribution in [0.5, 0.6) is 0 Å². The Labute approximate surface area is 162 Å². The summed E-state index contributed by atoms with van der Waals surface area (Å²) in [6, 6.07) is 13.8. The van der Waals surface area contributed by atoms with E-state index in [2.05, 4.69) is 71.5 Å². The smallest absolute Gasteiger partial charge is 0.0593 e. The standard InChI is InChI=1S/C23H31N3O/c1-4-6-18-8-10-20(11-9-18)23-21(14-25-17(2)3)26(22(23)16-27)15-19-7-5-12-24-13-19/h4-13,17,21-23,25,27H,14-16H2,1-3H3/t21-,22+,23+/m1/s1. The maximum atomic E-state index is 10.1. The van der Waals surface area contributed by atoms with Gasteiger partial charge < -0.3 is 10.4 Å². The highest BCUT2D eigenvalue weighted by atomic mass is 16.3. The molecule has 144 valence electrons. The molecule has 2 aromatic rings. The zero-order chi connectivity index (χ0) is 19.2. The van der Waals surface area contributed by atoms with E-state index in [9.17, 15) is 5.11 Å². The molecule has 2 heterocycles. The number of rotatable bonds is 8. The first-order valence-electron chi connectivity index (χ1n) is 9.85. The molecule has 2 N–H and O–H groups in total. The minimum absolute atomic E-state index is 0.136. The Morgan fingerprint density at radius 3 is 2.56 bits per heavy atom. The molecule has 0 radical (unpaired) electrons. The molecule has 1 aromatic carbocycles. The Morgan fingerprint density at radius 2 is 1.96 bits per heavy atom. The molecular formula is C23H31N3O. The summed E-state index contributed by atoms with van der Waals surface area (Å²) < 4.78 is 0. The molecule has 1 saturated heterocycles. The first kappa shape index (κ1) is 19.7. The van der Waals surface area contributed by atoms with Crippen molar-refractivity contribution in [3.8, 4) is 0 Å². The summed E-state index contributed by atoms with van der Waals surface area (Å²) in [7, 11) is 0. The molecular weight excluding hydrogens is 334 g/mol. The molecule has 0 amide bonds. The van der Waals surface area contributed by atoms with E-state index in [1.807, 2.05) is 19.2 Å². The van der Waals surface area contributed by atoms with Gasteiger partial charge in [0.05, 0.1) is 6.61 Å². The monoisotopic (exact) mass is 365 g/mol. The third-order valence-corrected chi connectivity index (χ3v) is 5.37. The van der Waals surface area contributed by atoms with Crippen molar-refractivity contribution in [1.29, 1.82) is 0 Å². The first-order chi connectivity index (χ1) is 13.1. The van der Waals surface area contributed by atoms with Gasteiger partial charge in [0, 0.05) is 49.5 Å². The van der Waals surface area contributed by atoms with E-state index in [4.69, 9.17) is 0 Å². The van der Waals surface area contributed by atoms with E-state index in [-0.39, 0.29) is 12.6 Å². The van der Waals surface area contributed by atoms with Crippen molar-refractivity contribution >= 4 is 6.08 Å². The number of pyridine rings is 1. The molecule has 4 nitrogen and oxygen atoms in total. The molecule has 0 saturated carbocycles. The van der Waals surface area contributed by atoms with Gasteiger partial charge in [0.25, 0.3) is 0 Å². The number of nitrogens with one attached hydrogen (secondary N) is 1. The minimum atomic E-state index is 0.136. The predicted molar refractivity (Wildman–Crippen MR) is 111 cm³/mol. The number of aromatic nitrogens is 1. The van der Waals surface area contributed by atoms with Crippen LogP contribution in [0, 0.1) is 0 Å². The lowest BCUT2D eigenvalue weighted by Gasteiger charge is -2.55. The fourth-order valence-corrected chi connectivity index (χ4v) is 4.04. The summed E-state index contributed by atoms with van der Waals surface area (Å²) in [6.07, 6.45) is 7.89. The molecule has 1 aliphatic rings. The van der Waals surface area contributed by atoms with Crippen LogP contribution in [0.25, 0.3) is 6.08 Å². The number of nitrogens with zero attached hydrogens (tertiary/aromatic N) is 2. The van der Waals surface area contributed by atoms with Crippen molar-refractivity contribution in [1.82, 2.24) is 15.2 Å². The molecule has 1 aromatic heterocycles. The quantitative estimate of drug-likeness (QED) is 0.752. The van der Waals surface area contributed by atoms with Crippen LogP contribution in [0.2, 0.25) is 0 Å². The highest BCUT2D eigenvalue weighted by Crippen LogP contribution is 2.41. The van der Waals surface area contributed by atoms with Gasteiger partial charge >= 0.3 is 0 Å². The highest BCUT2D eigenvalue weighted by Gasteiger charge is 2.48. The van der Waals surface area contributed by atoms with Crippen molar-refractivity contribution in [2.24, 2.45) is 0 Å². The lowest BCUT2D eigenvalue weighted by Crippen LogP contribution is -2.66. The minimum Gasteiger partial charge on any atom is -0.395 e. The second-order valence-electron chi connectivity index (χ2n) is 7.61. The predicted octanol–water partition coefficient (Wildman–Crippen LogP) is 3.44. The summed E-state index contributed by atoms with van der Waals surface area (Å²) in [5, 5.41) is 13.7. The average Bonchev–Trinajstić information content (AvgIpc) is 2.67. The van der Waals surface area contributed by atoms with Crippen LogP contribution < -0.4 is 5.32 Å². The van der Waals surface area contributed by atoms with Gasteiger partial charge in [0.15, 0.2) is 0 Å². The number of likely N-dealkylation sites (tertiary alicyclic amines) is 1. The van der Waals surface area contributed by atoms with E-state index in [1.54, 1.807) is 6.20 Å². The number of benzene rings is 1. The van der Waals surface area contributed by atoms with Crippen molar-refractivity contribution in [2.45, 2.75) is 51.4 Å². The lowest BCUT2D eigenvalue weighted by molar-refractivity contribution is -0.0496. The van der Waals surface area contributed by atoms with Crippen molar-refractivity contribution in [2.75, 3.05) is 13.2 Å². The van der Waals surface area contributed by atoms with Gasteiger partial charge in [-0.3, -0.25) is 9.88 Å². The van der Waals surface area contributed by atoms with Gasteiger partial charge in [-0.05, 0) is 29.7 Å².